The summed E-state index contributed by atoms with van der Waals surface area (Å²) >= 11 is 0. The molecule has 31 heavy (non-hydrogen) atoms. The van der Waals surface area contributed by atoms with Crippen LogP contribution in [-0.2, 0) is 0 Å². The van der Waals surface area contributed by atoms with Gasteiger partial charge in [0.1, 0.15) is 5.69 Å². The number of hydrazone groups is 1. The number of benzene rings is 3. The predicted molar refractivity (Wildman–Crippen MR) is 123 cm³/mol. The van der Waals surface area contributed by atoms with E-state index in [9.17, 15) is 4.79 Å². The molecule has 1 amide bonds. The number of hydrogen-bond acceptors (Lipinski definition) is 4. The second kappa shape index (κ2) is 8.75. The fraction of sp³-hybridized carbons (Fsp3) is 0.120. The first kappa shape index (κ1) is 20.2. The lowest BCUT2D eigenvalue weighted by atomic mass is 10.0. The molecule has 0 fully saturated rings. The van der Waals surface area contributed by atoms with Gasteiger partial charge >= 0.3 is 0 Å². The van der Waals surface area contributed by atoms with Crippen molar-refractivity contribution in [1.29, 1.82) is 0 Å². The first-order valence-corrected chi connectivity index (χ1v) is 9.84. The highest BCUT2D eigenvalue weighted by Gasteiger charge is 2.19. The zero-order valence-electron chi connectivity index (χ0n) is 17.6. The van der Waals surface area contributed by atoms with Gasteiger partial charge in [-0.1, -0.05) is 48.0 Å². The van der Waals surface area contributed by atoms with Crippen LogP contribution in [-0.4, -0.2) is 31.3 Å². The van der Waals surface area contributed by atoms with Crippen molar-refractivity contribution in [2.24, 2.45) is 5.10 Å². The van der Waals surface area contributed by atoms with Crippen LogP contribution in [0.1, 0.15) is 21.6 Å². The Kier molecular flexibility index (Phi) is 5.71. The lowest BCUT2D eigenvalue weighted by molar-refractivity contribution is 0.0951. The molecule has 0 spiro atoms. The lowest BCUT2D eigenvalue weighted by Crippen LogP contribution is -2.19. The van der Waals surface area contributed by atoms with Crippen LogP contribution in [0.3, 0.4) is 0 Å². The summed E-state index contributed by atoms with van der Waals surface area (Å²) in [5.74, 6) is 0.815. The SMILES string of the molecule is COc1cccc(/C=N/NC(=O)c2[nH]c3ccc(C)cc3c2-c2ccccc2)c1OC. The molecular formula is C25H23N3O3. The van der Waals surface area contributed by atoms with Crippen LogP contribution in [0.4, 0.5) is 0 Å². The number of hydrogen-bond donors (Lipinski definition) is 2. The van der Waals surface area contributed by atoms with Crippen molar-refractivity contribution in [3.63, 3.8) is 0 Å². The molecule has 0 radical (unpaired) electrons. The molecule has 1 aromatic heterocycles. The van der Waals surface area contributed by atoms with Gasteiger partial charge in [0.15, 0.2) is 11.5 Å². The Balaban J connectivity index is 1.68. The topological polar surface area (TPSA) is 75.7 Å². The Morgan fingerprint density at radius 2 is 1.81 bits per heavy atom. The number of aryl methyl sites for hydroxylation is 1. The van der Waals surface area contributed by atoms with E-state index in [1.54, 1.807) is 20.3 Å². The summed E-state index contributed by atoms with van der Waals surface area (Å²) in [5.41, 5.74) is 7.61. The maximum atomic E-state index is 13.0. The van der Waals surface area contributed by atoms with Crippen LogP contribution in [0.25, 0.3) is 22.0 Å². The highest BCUT2D eigenvalue weighted by atomic mass is 16.5. The van der Waals surface area contributed by atoms with Gasteiger partial charge in [-0.3, -0.25) is 4.79 Å². The second-order valence-corrected chi connectivity index (χ2v) is 7.07. The number of aromatic amines is 1. The van der Waals surface area contributed by atoms with Gasteiger partial charge in [0, 0.05) is 22.0 Å². The number of ether oxygens (including phenoxy) is 2. The van der Waals surface area contributed by atoms with Crippen LogP contribution < -0.4 is 14.9 Å². The number of methoxy groups -OCH3 is 2. The standard InChI is InChI=1S/C25H23N3O3/c1-16-12-13-20-19(14-16)22(17-8-5-4-6-9-17)23(27-20)25(29)28-26-15-18-10-7-11-21(30-2)24(18)31-3/h4-15,27H,1-3H3,(H,28,29)/b26-15+. The lowest BCUT2D eigenvalue weighted by Gasteiger charge is -2.09. The number of aromatic nitrogens is 1. The molecule has 0 bridgehead atoms. The summed E-state index contributed by atoms with van der Waals surface area (Å²) < 4.78 is 10.7. The quantitative estimate of drug-likeness (QED) is 0.348. The molecule has 0 unspecified atom stereocenters. The van der Waals surface area contributed by atoms with E-state index in [0.717, 1.165) is 27.6 Å². The largest absolute Gasteiger partial charge is 0.493 e. The number of carbonyl (C=O) groups excluding carboxylic acids is 1. The van der Waals surface area contributed by atoms with Crippen LogP contribution >= 0.6 is 0 Å². The third kappa shape index (κ3) is 4.00. The minimum absolute atomic E-state index is 0.328. The van der Waals surface area contributed by atoms with E-state index in [2.05, 4.69) is 21.6 Å². The number of nitrogens with zero attached hydrogens (tertiary/aromatic N) is 1. The highest BCUT2D eigenvalue weighted by molar-refractivity contribution is 6.10. The van der Waals surface area contributed by atoms with E-state index >= 15 is 0 Å². The zero-order chi connectivity index (χ0) is 21.8. The van der Waals surface area contributed by atoms with E-state index < -0.39 is 0 Å². The van der Waals surface area contributed by atoms with Crippen LogP contribution in [0.15, 0.2) is 71.8 Å². The molecule has 6 heteroatoms. The molecule has 1 heterocycles. The van der Waals surface area contributed by atoms with E-state index in [-0.39, 0.29) is 5.91 Å². The molecule has 4 rings (SSSR count). The second-order valence-electron chi connectivity index (χ2n) is 7.07. The number of fused-ring (bicyclic) bond motifs is 1. The molecule has 0 aliphatic heterocycles. The molecule has 0 saturated carbocycles. The van der Waals surface area contributed by atoms with E-state index in [0.29, 0.717) is 22.8 Å². The van der Waals surface area contributed by atoms with Crippen molar-refractivity contribution >= 4 is 23.0 Å². The normalized spacial score (nSPS) is 11.1. The molecule has 6 nitrogen and oxygen atoms in total. The van der Waals surface area contributed by atoms with Crippen molar-refractivity contribution in [3.8, 4) is 22.6 Å². The van der Waals surface area contributed by atoms with E-state index in [4.69, 9.17) is 9.47 Å². The number of rotatable bonds is 6. The average Bonchev–Trinajstić information content (AvgIpc) is 3.18. The summed E-state index contributed by atoms with van der Waals surface area (Å²) in [7, 11) is 3.13. The summed E-state index contributed by atoms with van der Waals surface area (Å²) in [5, 5.41) is 5.14. The van der Waals surface area contributed by atoms with Gasteiger partial charge < -0.3 is 14.5 Å². The number of H-pyrrole nitrogens is 1. The predicted octanol–water partition coefficient (Wildman–Crippen LogP) is 4.92. The minimum Gasteiger partial charge on any atom is -0.493 e. The summed E-state index contributed by atoms with van der Waals surface area (Å²) in [6, 6.07) is 21.4. The maximum Gasteiger partial charge on any atom is 0.288 e. The van der Waals surface area contributed by atoms with Crippen molar-refractivity contribution in [2.75, 3.05) is 14.2 Å². The number of carbonyl (C=O) groups is 1. The molecule has 4 aromatic rings. The molecule has 3 aromatic carbocycles. The monoisotopic (exact) mass is 413 g/mol. The Hall–Kier alpha value is -4.06. The van der Waals surface area contributed by atoms with Gasteiger partial charge in [-0.2, -0.15) is 5.10 Å². The third-order valence-corrected chi connectivity index (χ3v) is 5.05. The zero-order valence-corrected chi connectivity index (χ0v) is 17.6. The van der Waals surface area contributed by atoms with Gasteiger partial charge in [0.05, 0.1) is 20.4 Å². The molecule has 0 saturated heterocycles. The van der Waals surface area contributed by atoms with Crippen LogP contribution in [0.5, 0.6) is 11.5 Å². The van der Waals surface area contributed by atoms with Gasteiger partial charge in [0.25, 0.3) is 5.91 Å². The van der Waals surface area contributed by atoms with Gasteiger partial charge in [0.2, 0.25) is 0 Å². The van der Waals surface area contributed by atoms with E-state index in [1.807, 2.05) is 61.5 Å². The third-order valence-electron chi connectivity index (χ3n) is 5.05. The molecular weight excluding hydrogens is 390 g/mol. The summed E-state index contributed by atoms with van der Waals surface area (Å²) in [4.78, 5) is 16.3. The Morgan fingerprint density at radius 3 is 2.55 bits per heavy atom. The fourth-order valence-electron chi connectivity index (χ4n) is 3.61. The Morgan fingerprint density at radius 1 is 1.00 bits per heavy atom. The van der Waals surface area contributed by atoms with Crippen molar-refractivity contribution in [3.05, 3.63) is 83.6 Å². The molecule has 156 valence electrons. The Labute approximate surface area is 180 Å². The first-order valence-electron chi connectivity index (χ1n) is 9.84. The van der Waals surface area contributed by atoms with Crippen molar-refractivity contribution in [2.45, 2.75) is 6.92 Å². The van der Waals surface area contributed by atoms with Crippen LogP contribution in [0, 0.1) is 6.92 Å². The van der Waals surface area contributed by atoms with Gasteiger partial charge in [-0.25, -0.2) is 5.43 Å². The maximum absolute atomic E-state index is 13.0. The van der Waals surface area contributed by atoms with Crippen molar-refractivity contribution in [1.82, 2.24) is 10.4 Å². The number of para-hydroxylation sites is 1. The fourth-order valence-corrected chi connectivity index (χ4v) is 3.61. The van der Waals surface area contributed by atoms with E-state index in [1.165, 1.54) is 6.21 Å². The minimum atomic E-state index is -0.328. The number of amides is 1. The molecule has 0 atom stereocenters. The molecule has 0 aliphatic rings. The molecule has 2 N–H and O–H groups in total. The number of nitrogens with one attached hydrogen (secondary N) is 2. The summed E-state index contributed by atoms with van der Waals surface area (Å²) in [6.45, 7) is 2.03. The van der Waals surface area contributed by atoms with Crippen LogP contribution in [0.2, 0.25) is 0 Å². The molecule has 0 aliphatic carbocycles. The van der Waals surface area contributed by atoms with Gasteiger partial charge in [-0.05, 0) is 36.8 Å². The average molecular weight is 413 g/mol. The first-order chi connectivity index (χ1) is 15.1. The van der Waals surface area contributed by atoms with Gasteiger partial charge in [-0.15, -0.1) is 0 Å². The summed E-state index contributed by atoms with van der Waals surface area (Å²) in [6.07, 6.45) is 1.54. The Bertz CT molecular complexity index is 1260. The highest BCUT2D eigenvalue weighted by Crippen LogP contribution is 2.33. The van der Waals surface area contributed by atoms with Crippen molar-refractivity contribution < 1.29 is 14.3 Å². The smallest absolute Gasteiger partial charge is 0.288 e.